The summed E-state index contributed by atoms with van der Waals surface area (Å²) in [6.07, 6.45) is 0.268. The van der Waals surface area contributed by atoms with Gasteiger partial charge in [-0.15, -0.1) is 0 Å². The number of rotatable bonds is 5. The lowest BCUT2D eigenvalue weighted by Gasteiger charge is -2.08. The van der Waals surface area contributed by atoms with E-state index in [2.05, 4.69) is 14.8 Å². The number of carbonyl (C=O) groups excluding carboxylic acids is 2. The number of hydrogen-bond acceptors (Lipinski definition) is 4. The van der Waals surface area contributed by atoms with Crippen molar-refractivity contribution in [3.05, 3.63) is 0 Å². The Balaban J connectivity index is 3.44. The SMILES string of the molecule is CCCNC(=O)OCOC(=O)C(C)C. The second-order valence-electron chi connectivity index (χ2n) is 3.09. The van der Waals surface area contributed by atoms with Crippen LogP contribution in [0.4, 0.5) is 4.79 Å². The van der Waals surface area contributed by atoms with Crippen LogP contribution < -0.4 is 5.32 Å². The van der Waals surface area contributed by atoms with E-state index in [4.69, 9.17) is 0 Å². The number of carbonyl (C=O) groups is 2. The Labute approximate surface area is 83.8 Å². The zero-order chi connectivity index (χ0) is 11.0. The van der Waals surface area contributed by atoms with Gasteiger partial charge in [0.05, 0.1) is 5.92 Å². The maximum absolute atomic E-state index is 10.9. The molecular formula is C9H17NO4. The first-order valence-electron chi connectivity index (χ1n) is 4.65. The number of amides is 1. The van der Waals surface area contributed by atoms with Crippen LogP contribution in [0.25, 0.3) is 0 Å². The summed E-state index contributed by atoms with van der Waals surface area (Å²) in [5.74, 6) is -0.592. The zero-order valence-corrected chi connectivity index (χ0v) is 8.83. The van der Waals surface area contributed by atoms with Crippen molar-refractivity contribution in [3.8, 4) is 0 Å². The molecule has 0 aliphatic carbocycles. The van der Waals surface area contributed by atoms with E-state index in [0.29, 0.717) is 6.54 Å². The summed E-state index contributed by atoms with van der Waals surface area (Å²) in [7, 11) is 0. The standard InChI is InChI=1S/C9H17NO4/c1-4-5-10-9(12)14-6-13-8(11)7(2)3/h7H,4-6H2,1-3H3,(H,10,12). The Bertz CT molecular complexity index is 191. The molecular weight excluding hydrogens is 186 g/mol. The van der Waals surface area contributed by atoms with Gasteiger partial charge in [-0.1, -0.05) is 20.8 Å². The van der Waals surface area contributed by atoms with Crippen LogP contribution in [-0.4, -0.2) is 25.4 Å². The Hall–Kier alpha value is -1.26. The number of alkyl carbamates (subject to hydrolysis) is 1. The third-order valence-electron chi connectivity index (χ3n) is 1.38. The molecule has 0 rings (SSSR count). The summed E-state index contributed by atoms with van der Waals surface area (Å²) < 4.78 is 9.20. The third kappa shape index (κ3) is 6.28. The van der Waals surface area contributed by atoms with Crippen LogP contribution in [-0.2, 0) is 14.3 Å². The molecule has 0 spiro atoms. The normalized spacial score (nSPS) is 9.71. The fourth-order valence-corrected chi connectivity index (χ4v) is 0.586. The Morgan fingerprint density at radius 2 is 1.93 bits per heavy atom. The summed E-state index contributed by atoms with van der Waals surface area (Å²) in [4.78, 5) is 21.7. The van der Waals surface area contributed by atoms with Crippen molar-refractivity contribution in [2.45, 2.75) is 27.2 Å². The van der Waals surface area contributed by atoms with Crippen LogP contribution in [0.3, 0.4) is 0 Å². The van der Waals surface area contributed by atoms with E-state index in [-0.39, 0.29) is 18.7 Å². The highest BCUT2D eigenvalue weighted by atomic mass is 16.7. The summed E-state index contributed by atoms with van der Waals surface area (Å²) in [6, 6.07) is 0. The molecule has 1 amide bonds. The van der Waals surface area contributed by atoms with Gasteiger partial charge in [0.2, 0.25) is 6.79 Å². The number of hydrogen-bond donors (Lipinski definition) is 1. The molecule has 82 valence electrons. The van der Waals surface area contributed by atoms with Gasteiger partial charge >= 0.3 is 12.1 Å². The van der Waals surface area contributed by atoms with Crippen LogP contribution in [0.5, 0.6) is 0 Å². The maximum Gasteiger partial charge on any atom is 0.410 e. The molecule has 0 radical (unpaired) electrons. The Morgan fingerprint density at radius 1 is 1.29 bits per heavy atom. The lowest BCUT2D eigenvalue weighted by Crippen LogP contribution is -2.26. The predicted octanol–water partition coefficient (Wildman–Crippen LogP) is 1.28. The zero-order valence-electron chi connectivity index (χ0n) is 8.83. The third-order valence-corrected chi connectivity index (χ3v) is 1.38. The minimum atomic E-state index is -0.566. The van der Waals surface area contributed by atoms with Crippen molar-refractivity contribution < 1.29 is 19.1 Å². The molecule has 0 aromatic rings. The van der Waals surface area contributed by atoms with Gasteiger partial charge in [-0.25, -0.2) is 4.79 Å². The first-order chi connectivity index (χ1) is 6.57. The van der Waals surface area contributed by atoms with Gasteiger partial charge in [0.1, 0.15) is 0 Å². The lowest BCUT2D eigenvalue weighted by atomic mass is 10.2. The maximum atomic E-state index is 10.9. The molecule has 0 saturated carbocycles. The Kier molecular flexibility index (Phi) is 6.53. The predicted molar refractivity (Wildman–Crippen MR) is 50.6 cm³/mol. The van der Waals surface area contributed by atoms with E-state index >= 15 is 0 Å². The molecule has 5 nitrogen and oxygen atoms in total. The summed E-state index contributed by atoms with van der Waals surface area (Å²) in [6.45, 7) is 5.57. The molecule has 1 N–H and O–H groups in total. The molecule has 0 unspecified atom stereocenters. The van der Waals surface area contributed by atoms with Crippen molar-refractivity contribution in [1.82, 2.24) is 5.32 Å². The number of ether oxygens (including phenoxy) is 2. The highest BCUT2D eigenvalue weighted by molar-refractivity contribution is 5.71. The van der Waals surface area contributed by atoms with Crippen molar-refractivity contribution in [1.29, 1.82) is 0 Å². The molecule has 0 saturated heterocycles. The van der Waals surface area contributed by atoms with E-state index < -0.39 is 6.09 Å². The fraction of sp³-hybridized carbons (Fsp3) is 0.778. The summed E-state index contributed by atoms with van der Waals surface area (Å²) >= 11 is 0. The van der Waals surface area contributed by atoms with Crippen molar-refractivity contribution >= 4 is 12.1 Å². The van der Waals surface area contributed by atoms with Gasteiger partial charge in [0, 0.05) is 6.54 Å². The molecule has 5 heteroatoms. The quantitative estimate of drug-likeness (QED) is 0.540. The Morgan fingerprint density at radius 3 is 2.43 bits per heavy atom. The molecule has 0 aliphatic rings. The molecule has 0 aliphatic heterocycles. The van der Waals surface area contributed by atoms with Crippen LogP contribution in [0.1, 0.15) is 27.2 Å². The second-order valence-corrected chi connectivity index (χ2v) is 3.09. The topological polar surface area (TPSA) is 64.6 Å². The highest BCUT2D eigenvalue weighted by Gasteiger charge is 2.08. The highest BCUT2D eigenvalue weighted by Crippen LogP contribution is 1.95. The minimum Gasteiger partial charge on any atom is -0.428 e. The first kappa shape index (κ1) is 12.7. The molecule has 0 bridgehead atoms. The van der Waals surface area contributed by atoms with Gasteiger partial charge in [0.15, 0.2) is 0 Å². The molecule has 0 heterocycles. The van der Waals surface area contributed by atoms with E-state index in [1.54, 1.807) is 13.8 Å². The smallest absolute Gasteiger partial charge is 0.410 e. The first-order valence-corrected chi connectivity index (χ1v) is 4.65. The molecule has 14 heavy (non-hydrogen) atoms. The monoisotopic (exact) mass is 203 g/mol. The average Bonchev–Trinajstić information content (AvgIpc) is 2.14. The minimum absolute atomic E-state index is 0.211. The molecule has 0 atom stereocenters. The fourth-order valence-electron chi connectivity index (χ4n) is 0.586. The van der Waals surface area contributed by atoms with Crippen LogP contribution in [0.2, 0.25) is 0 Å². The van der Waals surface area contributed by atoms with E-state index in [1.807, 2.05) is 6.92 Å². The second kappa shape index (κ2) is 7.17. The van der Waals surface area contributed by atoms with Crippen molar-refractivity contribution in [2.24, 2.45) is 5.92 Å². The van der Waals surface area contributed by atoms with E-state index in [1.165, 1.54) is 0 Å². The molecule has 0 aromatic carbocycles. The van der Waals surface area contributed by atoms with Crippen molar-refractivity contribution in [3.63, 3.8) is 0 Å². The average molecular weight is 203 g/mol. The van der Waals surface area contributed by atoms with Crippen LogP contribution in [0.15, 0.2) is 0 Å². The van der Waals surface area contributed by atoms with Crippen LogP contribution in [0, 0.1) is 5.92 Å². The largest absolute Gasteiger partial charge is 0.428 e. The lowest BCUT2D eigenvalue weighted by molar-refractivity contribution is -0.155. The van der Waals surface area contributed by atoms with Gasteiger partial charge in [-0.2, -0.15) is 0 Å². The van der Waals surface area contributed by atoms with Gasteiger partial charge in [-0.05, 0) is 6.42 Å². The van der Waals surface area contributed by atoms with E-state index in [9.17, 15) is 9.59 Å². The summed E-state index contributed by atoms with van der Waals surface area (Å²) in [5.41, 5.74) is 0. The molecule has 0 aromatic heterocycles. The number of nitrogens with one attached hydrogen (secondary N) is 1. The van der Waals surface area contributed by atoms with Gasteiger partial charge in [-0.3, -0.25) is 4.79 Å². The number of esters is 1. The van der Waals surface area contributed by atoms with E-state index in [0.717, 1.165) is 6.42 Å². The van der Waals surface area contributed by atoms with Crippen LogP contribution >= 0.6 is 0 Å². The van der Waals surface area contributed by atoms with Gasteiger partial charge < -0.3 is 14.8 Å². The molecule has 0 fully saturated rings. The summed E-state index contributed by atoms with van der Waals surface area (Å²) in [5, 5.41) is 2.48. The van der Waals surface area contributed by atoms with Crippen molar-refractivity contribution in [2.75, 3.05) is 13.3 Å². The van der Waals surface area contributed by atoms with Gasteiger partial charge in [0.25, 0.3) is 0 Å².